The predicted molar refractivity (Wildman–Crippen MR) is 132 cm³/mol. The molecule has 2 aromatic rings. The number of carbonyl (C=O) groups excluding carboxylic acids is 2. The second-order valence-electron chi connectivity index (χ2n) is 8.68. The van der Waals surface area contributed by atoms with Crippen LogP contribution in [0, 0.1) is 0 Å². The summed E-state index contributed by atoms with van der Waals surface area (Å²) in [4.78, 5) is 37.4. The van der Waals surface area contributed by atoms with Gasteiger partial charge < -0.3 is 31.5 Å². The van der Waals surface area contributed by atoms with E-state index >= 15 is 0 Å². The minimum Gasteiger partial charge on any atom is -0.364 e. The lowest BCUT2D eigenvalue weighted by Gasteiger charge is -2.36. The summed E-state index contributed by atoms with van der Waals surface area (Å²) in [6.07, 6.45) is 4.35. The summed E-state index contributed by atoms with van der Waals surface area (Å²) in [7, 11) is -3.33. The lowest BCUT2D eigenvalue weighted by molar-refractivity contribution is 0.0996. The minimum absolute atomic E-state index is 0.0264. The number of nitrogens with zero attached hydrogens (tertiary/aromatic N) is 4. The average molecular weight is 503 g/mol. The number of rotatable bonds is 6. The number of nitrogens with two attached hydrogens (primary N) is 1. The number of piperazine rings is 1. The van der Waals surface area contributed by atoms with E-state index in [2.05, 4.69) is 25.9 Å². The normalized spacial score (nSPS) is 18.7. The fraction of sp³-hybridized carbons (Fsp3) is 0.455. The zero-order valence-corrected chi connectivity index (χ0v) is 20.3. The number of sulfone groups is 1. The molecule has 2 fully saturated rings. The van der Waals surface area contributed by atoms with Gasteiger partial charge in [-0.2, -0.15) is 0 Å². The molecular weight excluding hydrogens is 472 g/mol. The Morgan fingerprint density at radius 1 is 1.14 bits per heavy atom. The van der Waals surface area contributed by atoms with Crippen molar-refractivity contribution in [3.05, 3.63) is 36.2 Å². The van der Waals surface area contributed by atoms with Gasteiger partial charge in [-0.05, 0) is 37.1 Å². The molecule has 0 bridgehead atoms. The highest BCUT2D eigenvalue weighted by atomic mass is 32.2. The summed E-state index contributed by atoms with van der Waals surface area (Å²) in [5.74, 6) is -0.0143. The van der Waals surface area contributed by atoms with E-state index in [0.29, 0.717) is 31.1 Å². The maximum absolute atomic E-state index is 12.6. The monoisotopic (exact) mass is 502 g/mol. The Labute approximate surface area is 204 Å². The minimum atomic E-state index is -3.33. The zero-order valence-electron chi connectivity index (χ0n) is 19.5. The van der Waals surface area contributed by atoms with Crippen molar-refractivity contribution in [3.8, 4) is 0 Å². The highest BCUT2D eigenvalue weighted by molar-refractivity contribution is 7.90. The molecule has 2 aliphatic heterocycles. The average Bonchev–Trinajstić information content (AvgIpc) is 2.84. The lowest BCUT2D eigenvalue weighted by atomic mass is 10.1. The summed E-state index contributed by atoms with van der Waals surface area (Å²) in [6.45, 7) is 4.24. The van der Waals surface area contributed by atoms with Gasteiger partial charge >= 0.3 is 6.03 Å². The van der Waals surface area contributed by atoms with Gasteiger partial charge in [0.2, 0.25) is 0 Å². The molecule has 0 radical (unpaired) electrons. The SMILES string of the molecule is CS(=O)(=O)c1ccc(Nc2nc(N3CCC[C@@H](NC(=O)N4CCNCC4)C3)cnc2C(N)=O)cc1. The van der Waals surface area contributed by atoms with Crippen LogP contribution in [0.4, 0.5) is 22.1 Å². The number of hydrogen-bond donors (Lipinski definition) is 4. The van der Waals surface area contributed by atoms with Gasteiger partial charge in [0, 0.05) is 57.3 Å². The van der Waals surface area contributed by atoms with Crippen molar-refractivity contribution in [3.63, 3.8) is 0 Å². The van der Waals surface area contributed by atoms with Crippen LogP contribution >= 0.6 is 0 Å². The molecule has 0 unspecified atom stereocenters. The summed E-state index contributed by atoms with van der Waals surface area (Å²) < 4.78 is 23.4. The Hall–Kier alpha value is -3.45. The zero-order chi connectivity index (χ0) is 25.0. The molecule has 35 heavy (non-hydrogen) atoms. The molecule has 0 saturated carbocycles. The molecular formula is C22H30N8O4S. The third kappa shape index (κ3) is 6.17. The van der Waals surface area contributed by atoms with Crippen LogP contribution in [0.5, 0.6) is 0 Å². The fourth-order valence-corrected chi connectivity index (χ4v) is 4.79. The topological polar surface area (TPSA) is 163 Å². The predicted octanol–water partition coefficient (Wildman–Crippen LogP) is 0.306. The number of carbonyl (C=O) groups is 2. The van der Waals surface area contributed by atoms with E-state index in [4.69, 9.17) is 5.73 Å². The van der Waals surface area contributed by atoms with Crippen molar-refractivity contribution in [2.24, 2.45) is 5.73 Å². The molecule has 1 atom stereocenters. The van der Waals surface area contributed by atoms with Crippen molar-refractivity contribution in [1.29, 1.82) is 0 Å². The van der Waals surface area contributed by atoms with Gasteiger partial charge in [0.25, 0.3) is 5.91 Å². The van der Waals surface area contributed by atoms with Crippen molar-refractivity contribution in [1.82, 2.24) is 25.5 Å². The first-order valence-corrected chi connectivity index (χ1v) is 13.3. The van der Waals surface area contributed by atoms with E-state index in [1.54, 1.807) is 12.1 Å². The van der Waals surface area contributed by atoms with Gasteiger partial charge in [0.15, 0.2) is 21.3 Å². The number of anilines is 3. The van der Waals surface area contributed by atoms with Crippen molar-refractivity contribution in [2.75, 3.05) is 55.7 Å². The molecule has 1 aromatic carbocycles. The van der Waals surface area contributed by atoms with Gasteiger partial charge in [-0.25, -0.2) is 23.2 Å². The first kappa shape index (κ1) is 24.7. The molecule has 188 valence electrons. The standard InChI is InChI=1S/C22H30N8O4S/c1-35(33,34)17-6-4-15(5-7-17)26-21-19(20(23)31)25-13-18(28-21)30-10-2-3-16(14-30)27-22(32)29-11-8-24-9-12-29/h4-7,13,16,24H,2-3,8-12,14H2,1H3,(H2,23,31)(H,26,28)(H,27,32)/t16-/m1/s1. The number of primary amides is 1. The maximum atomic E-state index is 12.6. The molecule has 1 aromatic heterocycles. The molecule has 4 rings (SSSR count). The Kier molecular flexibility index (Phi) is 7.36. The van der Waals surface area contributed by atoms with Crippen LogP contribution in [0.15, 0.2) is 35.4 Å². The van der Waals surface area contributed by atoms with Crippen LogP contribution in [0.1, 0.15) is 23.3 Å². The molecule has 2 aliphatic rings. The molecule has 3 amide bonds. The number of hydrogen-bond acceptors (Lipinski definition) is 9. The summed E-state index contributed by atoms with van der Waals surface area (Å²) in [6, 6.07) is 6.00. The summed E-state index contributed by atoms with van der Waals surface area (Å²) in [5.41, 5.74) is 6.00. The van der Waals surface area contributed by atoms with Gasteiger partial charge in [0.05, 0.1) is 11.1 Å². The van der Waals surface area contributed by atoms with Crippen LogP contribution < -0.4 is 26.6 Å². The van der Waals surface area contributed by atoms with Crippen molar-refractivity contribution in [2.45, 2.75) is 23.8 Å². The van der Waals surface area contributed by atoms with Crippen molar-refractivity contribution < 1.29 is 18.0 Å². The largest absolute Gasteiger partial charge is 0.364 e. The van der Waals surface area contributed by atoms with Crippen molar-refractivity contribution >= 4 is 39.1 Å². The second-order valence-corrected chi connectivity index (χ2v) is 10.7. The first-order valence-electron chi connectivity index (χ1n) is 11.5. The van der Waals surface area contributed by atoms with E-state index in [1.807, 2.05) is 9.80 Å². The van der Waals surface area contributed by atoms with Gasteiger partial charge in [-0.1, -0.05) is 0 Å². The van der Waals surface area contributed by atoms with Crippen LogP contribution in [-0.2, 0) is 9.84 Å². The maximum Gasteiger partial charge on any atom is 0.317 e. The number of benzene rings is 1. The molecule has 2 saturated heterocycles. The Morgan fingerprint density at radius 2 is 1.86 bits per heavy atom. The lowest BCUT2D eigenvalue weighted by Crippen LogP contribution is -2.55. The quantitative estimate of drug-likeness (QED) is 0.435. The third-order valence-electron chi connectivity index (χ3n) is 6.02. The first-order chi connectivity index (χ1) is 16.7. The van der Waals surface area contributed by atoms with E-state index < -0.39 is 15.7 Å². The molecule has 0 spiro atoms. The molecule has 3 heterocycles. The van der Waals surface area contributed by atoms with Gasteiger partial charge in [-0.15, -0.1) is 0 Å². The molecule has 12 nitrogen and oxygen atoms in total. The fourth-order valence-electron chi connectivity index (χ4n) is 4.16. The van der Waals surface area contributed by atoms with Crippen LogP contribution in [-0.4, -0.2) is 86.8 Å². The molecule has 13 heteroatoms. The Morgan fingerprint density at radius 3 is 2.51 bits per heavy atom. The highest BCUT2D eigenvalue weighted by Crippen LogP contribution is 2.24. The van der Waals surface area contributed by atoms with Gasteiger partial charge in [-0.3, -0.25) is 4.79 Å². The van der Waals surface area contributed by atoms with Crippen LogP contribution in [0.2, 0.25) is 0 Å². The Balaban J connectivity index is 1.49. The number of aromatic nitrogens is 2. The number of nitrogens with one attached hydrogen (secondary N) is 3. The summed E-state index contributed by atoms with van der Waals surface area (Å²) >= 11 is 0. The van der Waals surface area contributed by atoms with Gasteiger partial charge in [0.1, 0.15) is 5.82 Å². The molecule has 5 N–H and O–H groups in total. The number of amides is 3. The van der Waals surface area contributed by atoms with E-state index in [0.717, 1.165) is 38.7 Å². The highest BCUT2D eigenvalue weighted by Gasteiger charge is 2.26. The third-order valence-corrected chi connectivity index (χ3v) is 7.14. The van der Waals surface area contributed by atoms with Crippen LogP contribution in [0.3, 0.4) is 0 Å². The van der Waals surface area contributed by atoms with E-state index in [-0.39, 0.29) is 28.5 Å². The Bertz CT molecular complexity index is 1180. The van der Waals surface area contributed by atoms with E-state index in [1.165, 1.54) is 18.3 Å². The number of urea groups is 1. The van der Waals surface area contributed by atoms with E-state index in [9.17, 15) is 18.0 Å². The smallest absolute Gasteiger partial charge is 0.317 e. The summed E-state index contributed by atoms with van der Waals surface area (Å²) in [5, 5.41) is 9.38. The molecule has 0 aliphatic carbocycles. The van der Waals surface area contributed by atoms with Crippen LogP contribution in [0.25, 0.3) is 0 Å². The second kappa shape index (κ2) is 10.4. The number of piperidine rings is 1.